The molecule has 0 aromatic heterocycles. The average molecular weight is 407 g/mol. The number of hydrogen-bond acceptors (Lipinski definition) is 5. The number of nitrogens with one attached hydrogen (secondary N) is 2. The predicted molar refractivity (Wildman–Crippen MR) is 106 cm³/mol. The maximum atomic E-state index is 13.5. The molecule has 2 aromatic carbocycles. The quantitative estimate of drug-likeness (QED) is 0.744. The summed E-state index contributed by atoms with van der Waals surface area (Å²) in [6.07, 6.45) is 1.25. The molecule has 27 heavy (non-hydrogen) atoms. The lowest BCUT2D eigenvalue weighted by Crippen LogP contribution is -2.44. The van der Waals surface area contributed by atoms with Crippen LogP contribution in [0.3, 0.4) is 0 Å². The standard InChI is InChI=1S/C19H19FN2O3S2/c20-16-5-2-1-4-15(16)18(24)22-21-17(23)12-25-14-8-6-13(7-9-14)19-26-10-3-11-27-19/h1-2,4-9,19H,3,10-12H2,(H,21,23)(H,22,24). The van der Waals surface area contributed by atoms with Crippen molar-refractivity contribution in [2.75, 3.05) is 18.1 Å². The van der Waals surface area contributed by atoms with Crippen LogP contribution in [0.5, 0.6) is 5.75 Å². The summed E-state index contributed by atoms with van der Waals surface area (Å²) < 4.78 is 19.4. The van der Waals surface area contributed by atoms with Gasteiger partial charge in [-0.1, -0.05) is 24.3 Å². The van der Waals surface area contributed by atoms with E-state index in [1.54, 1.807) is 0 Å². The third kappa shape index (κ3) is 5.64. The van der Waals surface area contributed by atoms with Gasteiger partial charge in [0.05, 0.1) is 10.1 Å². The fourth-order valence-corrected chi connectivity index (χ4v) is 5.32. The summed E-state index contributed by atoms with van der Waals surface area (Å²) in [5.74, 6) is 0.995. The zero-order valence-corrected chi connectivity index (χ0v) is 16.1. The van der Waals surface area contributed by atoms with Crippen LogP contribution in [-0.2, 0) is 4.79 Å². The third-order valence-corrected chi connectivity index (χ3v) is 6.80. The molecule has 3 rings (SSSR count). The first-order valence-electron chi connectivity index (χ1n) is 8.43. The van der Waals surface area contributed by atoms with Crippen LogP contribution >= 0.6 is 23.5 Å². The average Bonchev–Trinajstić information content (AvgIpc) is 2.72. The van der Waals surface area contributed by atoms with Crippen LogP contribution in [0.15, 0.2) is 48.5 Å². The first kappa shape index (κ1) is 19.6. The second kappa shape index (κ2) is 9.66. The number of halogens is 1. The van der Waals surface area contributed by atoms with Crippen molar-refractivity contribution in [3.63, 3.8) is 0 Å². The molecule has 0 atom stereocenters. The number of carbonyl (C=O) groups is 2. The molecular formula is C19H19FN2O3S2. The van der Waals surface area contributed by atoms with E-state index in [0.717, 1.165) is 0 Å². The molecule has 142 valence electrons. The Morgan fingerprint density at radius 3 is 2.44 bits per heavy atom. The Labute approximate surface area is 165 Å². The largest absolute Gasteiger partial charge is 0.484 e. The summed E-state index contributed by atoms with van der Waals surface area (Å²) in [6.45, 7) is -0.260. The Hall–Kier alpha value is -2.19. The van der Waals surface area contributed by atoms with Gasteiger partial charge in [-0.15, -0.1) is 23.5 Å². The highest BCUT2D eigenvalue weighted by Gasteiger charge is 2.16. The van der Waals surface area contributed by atoms with Gasteiger partial charge in [0.25, 0.3) is 11.8 Å². The summed E-state index contributed by atoms with van der Waals surface area (Å²) in [5.41, 5.74) is 5.46. The smallest absolute Gasteiger partial charge is 0.276 e. The van der Waals surface area contributed by atoms with Gasteiger partial charge in [0, 0.05) is 0 Å². The summed E-state index contributed by atoms with van der Waals surface area (Å²) >= 11 is 3.88. The highest BCUT2D eigenvalue weighted by molar-refractivity contribution is 8.16. The molecule has 2 amide bonds. The van der Waals surface area contributed by atoms with Gasteiger partial charge in [-0.2, -0.15) is 0 Å². The van der Waals surface area contributed by atoms with Gasteiger partial charge in [-0.3, -0.25) is 20.4 Å². The summed E-state index contributed by atoms with van der Waals surface area (Å²) in [4.78, 5) is 23.6. The van der Waals surface area contributed by atoms with Crippen molar-refractivity contribution in [2.45, 2.75) is 11.0 Å². The Bertz CT molecular complexity index is 796. The third-order valence-electron chi connectivity index (χ3n) is 3.78. The molecule has 0 bridgehead atoms. The molecule has 2 N–H and O–H groups in total. The minimum absolute atomic E-state index is 0.146. The zero-order chi connectivity index (χ0) is 19.1. The number of carbonyl (C=O) groups excluding carboxylic acids is 2. The minimum Gasteiger partial charge on any atom is -0.484 e. The topological polar surface area (TPSA) is 67.4 Å². The van der Waals surface area contributed by atoms with Crippen molar-refractivity contribution in [3.8, 4) is 5.75 Å². The van der Waals surface area contributed by atoms with Gasteiger partial charge < -0.3 is 4.74 Å². The Morgan fingerprint density at radius 1 is 1.04 bits per heavy atom. The number of rotatable bonds is 5. The first-order valence-corrected chi connectivity index (χ1v) is 10.5. The van der Waals surface area contributed by atoms with Crippen LogP contribution < -0.4 is 15.6 Å². The number of benzene rings is 2. The van der Waals surface area contributed by atoms with Crippen molar-refractivity contribution in [1.82, 2.24) is 10.9 Å². The van der Waals surface area contributed by atoms with E-state index in [2.05, 4.69) is 10.9 Å². The van der Waals surface area contributed by atoms with Crippen LogP contribution in [0.4, 0.5) is 4.39 Å². The van der Waals surface area contributed by atoms with E-state index >= 15 is 0 Å². The van der Waals surface area contributed by atoms with Crippen LogP contribution in [-0.4, -0.2) is 29.9 Å². The monoisotopic (exact) mass is 406 g/mol. The predicted octanol–water partition coefficient (Wildman–Crippen LogP) is 3.53. The molecule has 5 nitrogen and oxygen atoms in total. The molecule has 1 saturated heterocycles. The molecule has 8 heteroatoms. The molecule has 0 aliphatic carbocycles. The maximum absolute atomic E-state index is 13.5. The second-order valence-electron chi connectivity index (χ2n) is 5.77. The SMILES string of the molecule is O=C(COc1ccc(C2SCCCS2)cc1)NNC(=O)c1ccccc1F. The van der Waals surface area contributed by atoms with Crippen molar-refractivity contribution < 1.29 is 18.7 Å². The van der Waals surface area contributed by atoms with Crippen LogP contribution in [0.25, 0.3) is 0 Å². The van der Waals surface area contributed by atoms with Gasteiger partial charge in [0.1, 0.15) is 11.6 Å². The highest BCUT2D eigenvalue weighted by Crippen LogP contribution is 2.43. The minimum atomic E-state index is -0.728. The Balaban J connectivity index is 1.43. The van der Waals surface area contributed by atoms with E-state index in [9.17, 15) is 14.0 Å². The molecule has 0 radical (unpaired) electrons. The fraction of sp³-hybridized carbons (Fsp3) is 0.263. The van der Waals surface area contributed by atoms with Gasteiger partial charge in [-0.25, -0.2) is 4.39 Å². The van der Waals surface area contributed by atoms with E-state index in [0.29, 0.717) is 10.3 Å². The summed E-state index contributed by atoms with van der Waals surface area (Å²) in [5, 5.41) is 0. The van der Waals surface area contributed by atoms with Gasteiger partial charge in [-0.05, 0) is 47.8 Å². The Kier molecular flexibility index (Phi) is 7.00. The molecule has 0 spiro atoms. The molecular weight excluding hydrogens is 387 g/mol. The van der Waals surface area contributed by atoms with Gasteiger partial charge in [0.2, 0.25) is 0 Å². The van der Waals surface area contributed by atoms with E-state index < -0.39 is 17.6 Å². The number of ether oxygens (including phenoxy) is 1. The molecule has 0 unspecified atom stereocenters. The second-order valence-corrected chi connectivity index (χ2v) is 8.49. The maximum Gasteiger partial charge on any atom is 0.276 e. The number of thioether (sulfide) groups is 2. The Morgan fingerprint density at radius 2 is 1.74 bits per heavy atom. The number of hydrazine groups is 1. The zero-order valence-electron chi connectivity index (χ0n) is 14.4. The summed E-state index contributed by atoms with van der Waals surface area (Å²) in [6, 6.07) is 13.2. The number of amides is 2. The van der Waals surface area contributed by atoms with Crippen LogP contribution in [0.1, 0.15) is 26.9 Å². The van der Waals surface area contributed by atoms with Crippen molar-refractivity contribution in [2.24, 2.45) is 0 Å². The highest BCUT2D eigenvalue weighted by atomic mass is 32.2. The fourth-order valence-electron chi connectivity index (χ4n) is 2.43. The van der Waals surface area contributed by atoms with Crippen LogP contribution in [0, 0.1) is 5.82 Å². The van der Waals surface area contributed by atoms with E-state index in [-0.39, 0.29) is 12.2 Å². The molecule has 1 aliphatic rings. The van der Waals surface area contributed by atoms with E-state index in [1.807, 2.05) is 47.8 Å². The van der Waals surface area contributed by atoms with Gasteiger partial charge >= 0.3 is 0 Å². The molecule has 1 fully saturated rings. The lowest BCUT2D eigenvalue weighted by Gasteiger charge is -2.21. The first-order chi connectivity index (χ1) is 13.1. The van der Waals surface area contributed by atoms with E-state index in [4.69, 9.17) is 4.74 Å². The van der Waals surface area contributed by atoms with Crippen LogP contribution in [0.2, 0.25) is 0 Å². The molecule has 1 heterocycles. The lowest BCUT2D eigenvalue weighted by molar-refractivity contribution is -0.123. The van der Waals surface area contributed by atoms with Crippen molar-refractivity contribution >= 4 is 35.3 Å². The van der Waals surface area contributed by atoms with E-state index in [1.165, 1.54) is 47.8 Å². The van der Waals surface area contributed by atoms with Crippen molar-refractivity contribution in [3.05, 3.63) is 65.5 Å². The normalized spacial score (nSPS) is 14.4. The van der Waals surface area contributed by atoms with Crippen molar-refractivity contribution in [1.29, 1.82) is 0 Å². The van der Waals surface area contributed by atoms with Gasteiger partial charge in [0.15, 0.2) is 6.61 Å². The lowest BCUT2D eigenvalue weighted by atomic mass is 10.2. The molecule has 1 aliphatic heterocycles. The summed E-state index contributed by atoms with van der Waals surface area (Å²) in [7, 11) is 0. The molecule has 2 aromatic rings. The number of hydrogen-bond donors (Lipinski definition) is 2. The molecule has 0 saturated carbocycles.